The average Bonchev–Trinajstić information content (AvgIpc) is 2.09. The smallest absolute Gasteiger partial charge is 0.310 e. The summed E-state index contributed by atoms with van der Waals surface area (Å²) in [6, 6.07) is 1.21. The Morgan fingerprint density at radius 1 is 1.77 bits per heavy atom. The van der Waals surface area contributed by atoms with E-state index in [1.807, 2.05) is 0 Å². The molecule has 3 nitrogen and oxygen atoms in total. The molecule has 0 unspecified atom stereocenters. The molecule has 0 radical (unpaired) electrons. The van der Waals surface area contributed by atoms with Crippen LogP contribution in [0.5, 0.6) is 0 Å². The Labute approximate surface area is 83.1 Å². The Hall–Kier alpha value is -0.970. The maximum absolute atomic E-state index is 13.1. The minimum atomic E-state index is -0.483. The molecule has 1 rings (SSSR count). The molecular weight excluding hydrogens is 241 g/mol. The molecule has 0 saturated carbocycles. The lowest BCUT2D eigenvalue weighted by atomic mass is 10.2. The molecule has 1 aromatic heterocycles. The fourth-order valence-electron chi connectivity index (χ4n) is 0.794. The van der Waals surface area contributed by atoms with Gasteiger partial charge < -0.3 is 4.74 Å². The number of rotatable bonds is 2. The molecule has 0 amide bonds. The van der Waals surface area contributed by atoms with Crippen molar-refractivity contribution in [1.82, 2.24) is 4.98 Å². The fourth-order valence-corrected chi connectivity index (χ4v) is 1.10. The number of aromatic nitrogens is 1. The molecule has 70 valence electrons. The van der Waals surface area contributed by atoms with Gasteiger partial charge in [0.25, 0.3) is 0 Å². The van der Waals surface area contributed by atoms with Crippen LogP contribution in [0.3, 0.4) is 0 Å². The van der Waals surface area contributed by atoms with Crippen LogP contribution in [0.25, 0.3) is 0 Å². The van der Waals surface area contributed by atoms with Crippen LogP contribution >= 0.6 is 15.9 Å². The molecule has 0 aromatic carbocycles. The molecule has 0 fully saturated rings. The molecule has 1 heterocycles. The third-order valence-electron chi connectivity index (χ3n) is 1.46. The first kappa shape index (κ1) is 10.1. The third-order valence-corrected chi connectivity index (χ3v) is 1.89. The predicted molar refractivity (Wildman–Crippen MR) is 47.6 cm³/mol. The Balaban J connectivity index is 2.83. The first-order valence-electron chi connectivity index (χ1n) is 3.50. The summed E-state index contributed by atoms with van der Waals surface area (Å²) in [4.78, 5) is 14.6. The van der Waals surface area contributed by atoms with E-state index in [0.717, 1.165) is 0 Å². The molecule has 5 heteroatoms. The normalized spacial score (nSPS) is 9.77. The summed E-state index contributed by atoms with van der Waals surface area (Å²) in [5.74, 6) is -0.949. The fraction of sp³-hybridized carbons (Fsp3) is 0.250. The number of halogens is 2. The number of pyridine rings is 1. The van der Waals surface area contributed by atoms with Crippen LogP contribution in [0.15, 0.2) is 16.9 Å². The predicted octanol–water partition coefficient (Wildman–Crippen LogP) is 1.70. The molecule has 0 N–H and O–H groups in total. The summed E-state index contributed by atoms with van der Waals surface area (Å²) in [6.45, 7) is 0. The molecular formula is C8H7BrFNO2. The van der Waals surface area contributed by atoms with E-state index in [1.165, 1.54) is 19.4 Å². The Morgan fingerprint density at radius 2 is 2.46 bits per heavy atom. The van der Waals surface area contributed by atoms with Crippen molar-refractivity contribution in [3.05, 3.63) is 28.2 Å². The first-order chi connectivity index (χ1) is 6.13. The van der Waals surface area contributed by atoms with Gasteiger partial charge in [0, 0.05) is 17.8 Å². The van der Waals surface area contributed by atoms with Gasteiger partial charge >= 0.3 is 5.97 Å². The lowest BCUT2D eigenvalue weighted by Gasteiger charge is -2.00. The van der Waals surface area contributed by atoms with E-state index < -0.39 is 11.8 Å². The highest BCUT2D eigenvalue weighted by Gasteiger charge is 2.08. The van der Waals surface area contributed by atoms with E-state index in [1.54, 1.807) is 0 Å². The van der Waals surface area contributed by atoms with Crippen molar-refractivity contribution in [2.45, 2.75) is 6.42 Å². The quantitative estimate of drug-likeness (QED) is 0.590. The zero-order chi connectivity index (χ0) is 9.84. The van der Waals surface area contributed by atoms with Gasteiger partial charge in [-0.05, 0) is 15.9 Å². The van der Waals surface area contributed by atoms with Gasteiger partial charge in [-0.15, -0.1) is 0 Å². The summed E-state index contributed by atoms with van der Waals surface area (Å²) in [7, 11) is 1.26. The highest BCUT2D eigenvalue weighted by molar-refractivity contribution is 9.10. The Morgan fingerprint density at radius 3 is 3.00 bits per heavy atom. The molecule has 0 aliphatic heterocycles. The zero-order valence-electron chi connectivity index (χ0n) is 6.88. The summed E-state index contributed by atoms with van der Waals surface area (Å²) in [5, 5.41) is 0. The van der Waals surface area contributed by atoms with Gasteiger partial charge in [0.2, 0.25) is 0 Å². The molecule has 0 spiro atoms. The van der Waals surface area contributed by atoms with Crippen LogP contribution in [-0.2, 0) is 16.0 Å². The molecule has 13 heavy (non-hydrogen) atoms. The number of carbonyl (C=O) groups is 1. The highest BCUT2D eigenvalue weighted by atomic mass is 79.9. The van der Waals surface area contributed by atoms with Gasteiger partial charge in [-0.2, -0.15) is 0 Å². The Bertz CT molecular complexity index is 330. The highest BCUT2D eigenvalue weighted by Crippen LogP contribution is 2.12. The molecule has 0 aliphatic carbocycles. The topological polar surface area (TPSA) is 39.2 Å². The van der Waals surface area contributed by atoms with Crippen LogP contribution in [0.1, 0.15) is 5.56 Å². The lowest BCUT2D eigenvalue weighted by molar-refractivity contribution is -0.139. The van der Waals surface area contributed by atoms with Gasteiger partial charge in [0.05, 0.1) is 13.5 Å². The maximum Gasteiger partial charge on any atom is 0.310 e. The summed E-state index contributed by atoms with van der Waals surface area (Å²) < 4.78 is 17.9. The van der Waals surface area contributed by atoms with Crippen LogP contribution in [0, 0.1) is 5.82 Å². The molecule has 0 saturated heterocycles. The molecule has 0 atom stereocenters. The minimum Gasteiger partial charge on any atom is -0.469 e. The summed E-state index contributed by atoms with van der Waals surface area (Å²) in [6.07, 6.45) is 1.21. The van der Waals surface area contributed by atoms with E-state index in [4.69, 9.17) is 0 Å². The number of hydrogen-bond donors (Lipinski definition) is 0. The van der Waals surface area contributed by atoms with Crippen molar-refractivity contribution >= 4 is 21.9 Å². The zero-order valence-corrected chi connectivity index (χ0v) is 8.47. The van der Waals surface area contributed by atoms with Crippen molar-refractivity contribution < 1.29 is 13.9 Å². The standard InChI is InChI=1S/C8H7BrFNO2/c1-13-8(12)2-5-4-11-7(9)3-6(5)10/h3-4H,2H2,1H3. The number of ether oxygens (including phenoxy) is 1. The van der Waals surface area contributed by atoms with Crippen molar-refractivity contribution in [2.24, 2.45) is 0 Å². The molecule has 0 bridgehead atoms. The molecule has 1 aromatic rings. The largest absolute Gasteiger partial charge is 0.469 e. The summed E-state index contributed by atoms with van der Waals surface area (Å²) in [5.41, 5.74) is 0.232. The van der Waals surface area contributed by atoms with E-state index in [0.29, 0.717) is 4.60 Å². The van der Waals surface area contributed by atoms with Gasteiger partial charge in [-0.1, -0.05) is 0 Å². The van der Waals surface area contributed by atoms with Crippen LogP contribution in [0.2, 0.25) is 0 Å². The van der Waals surface area contributed by atoms with E-state index in [2.05, 4.69) is 25.7 Å². The van der Waals surface area contributed by atoms with Gasteiger partial charge in [-0.3, -0.25) is 4.79 Å². The second-order valence-electron chi connectivity index (χ2n) is 2.35. The van der Waals surface area contributed by atoms with Crippen molar-refractivity contribution in [3.8, 4) is 0 Å². The maximum atomic E-state index is 13.1. The SMILES string of the molecule is COC(=O)Cc1cnc(Br)cc1F. The van der Waals surface area contributed by atoms with E-state index >= 15 is 0 Å². The monoisotopic (exact) mass is 247 g/mol. The average molecular weight is 248 g/mol. The van der Waals surface area contributed by atoms with Crippen molar-refractivity contribution in [3.63, 3.8) is 0 Å². The first-order valence-corrected chi connectivity index (χ1v) is 4.29. The van der Waals surface area contributed by atoms with Gasteiger partial charge in [0.1, 0.15) is 10.4 Å². The number of carbonyl (C=O) groups excluding carboxylic acids is 1. The minimum absolute atomic E-state index is 0.0946. The number of hydrogen-bond acceptors (Lipinski definition) is 3. The van der Waals surface area contributed by atoms with Crippen LogP contribution < -0.4 is 0 Å². The van der Waals surface area contributed by atoms with Crippen molar-refractivity contribution in [2.75, 3.05) is 7.11 Å². The number of nitrogens with zero attached hydrogens (tertiary/aromatic N) is 1. The van der Waals surface area contributed by atoms with Gasteiger partial charge in [0.15, 0.2) is 0 Å². The number of esters is 1. The lowest BCUT2D eigenvalue weighted by Crippen LogP contribution is -2.06. The van der Waals surface area contributed by atoms with Crippen LogP contribution in [-0.4, -0.2) is 18.1 Å². The molecule has 0 aliphatic rings. The summed E-state index contributed by atoms with van der Waals surface area (Å²) >= 11 is 3.01. The second-order valence-corrected chi connectivity index (χ2v) is 3.16. The van der Waals surface area contributed by atoms with E-state index in [-0.39, 0.29) is 12.0 Å². The second kappa shape index (κ2) is 4.32. The van der Waals surface area contributed by atoms with Crippen LogP contribution in [0.4, 0.5) is 4.39 Å². The van der Waals surface area contributed by atoms with Crippen molar-refractivity contribution in [1.29, 1.82) is 0 Å². The van der Waals surface area contributed by atoms with E-state index in [9.17, 15) is 9.18 Å². The van der Waals surface area contributed by atoms with Gasteiger partial charge in [-0.25, -0.2) is 9.37 Å². The third kappa shape index (κ3) is 2.77. The number of methoxy groups -OCH3 is 1. The Kier molecular flexibility index (Phi) is 3.36.